The Balaban J connectivity index is 2.14. The van der Waals surface area contributed by atoms with Gasteiger partial charge in [-0.3, -0.25) is 4.79 Å². The molecule has 0 fully saturated rings. The van der Waals surface area contributed by atoms with Crippen LogP contribution in [0.25, 0.3) is 26.8 Å². The summed E-state index contributed by atoms with van der Waals surface area (Å²) in [6, 6.07) is 9.47. The van der Waals surface area contributed by atoms with E-state index in [-0.39, 0.29) is 17.9 Å². The van der Waals surface area contributed by atoms with Gasteiger partial charge in [-0.05, 0) is 39.0 Å². The molecule has 0 bridgehead atoms. The lowest BCUT2D eigenvalue weighted by molar-refractivity contribution is 0.0520. The molecular weight excluding hydrogens is 362 g/mol. The number of nitrogens with zero attached hydrogens (tertiary/aromatic N) is 3. The normalized spacial score (nSPS) is 11.4. The Labute approximate surface area is 159 Å². The van der Waals surface area contributed by atoms with Crippen molar-refractivity contribution >= 4 is 38.4 Å². The van der Waals surface area contributed by atoms with E-state index in [9.17, 15) is 9.59 Å². The van der Waals surface area contributed by atoms with Crippen LogP contribution in [-0.2, 0) is 11.8 Å². The molecule has 3 aromatic heterocycles. The van der Waals surface area contributed by atoms with Gasteiger partial charge in [0.05, 0.1) is 27.9 Å². The fraction of sp³-hybridized carbons (Fsp3) is 0.250. The molecule has 27 heavy (non-hydrogen) atoms. The second-order valence-corrected chi connectivity index (χ2v) is 7.73. The predicted octanol–water partition coefficient (Wildman–Crippen LogP) is 3.73. The third-order valence-corrected chi connectivity index (χ3v) is 5.63. The molecule has 0 amide bonds. The zero-order valence-electron chi connectivity index (χ0n) is 15.6. The molecule has 0 aliphatic heterocycles. The predicted molar refractivity (Wildman–Crippen MR) is 107 cm³/mol. The topological polar surface area (TPSA) is 66.1 Å². The van der Waals surface area contributed by atoms with Crippen molar-refractivity contribution in [2.24, 2.45) is 7.05 Å². The second kappa shape index (κ2) is 6.35. The van der Waals surface area contributed by atoms with Crippen molar-refractivity contribution in [3.8, 4) is 5.69 Å². The Morgan fingerprint density at radius 1 is 1.22 bits per heavy atom. The van der Waals surface area contributed by atoms with Crippen LogP contribution in [0.1, 0.15) is 27.9 Å². The van der Waals surface area contributed by atoms with Crippen molar-refractivity contribution in [1.29, 1.82) is 0 Å². The minimum Gasteiger partial charge on any atom is -0.461 e. The summed E-state index contributed by atoms with van der Waals surface area (Å²) in [4.78, 5) is 27.0. The Hall–Kier alpha value is -2.93. The Morgan fingerprint density at radius 3 is 2.59 bits per heavy atom. The van der Waals surface area contributed by atoms with Crippen molar-refractivity contribution in [2.75, 3.05) is 6.61 Å². The van der Waals surface area contributed by atoms with Gasteiger partial charge in [-0.1, -0.05) is 17.7 Å². The van der Waals surface area contributed by atoms with E-state index in [1.54, 1.807) is 18.3 Å². The molecule has 1 aromatic carbocycles. The molecule has 0 aliphatic rings. The number of rotatable bonds is 3. The fourth-order valence-corrected chi connectivity index (χ4v) is 4.38. The average molecular weight is 381 g/mol. The number of ether oxygens (including phenoxy) is 1. The summed E-state index contributed by atoms with van der Waals surface area (Å²) < 4.78 is 9.23. The fourth-order valence-electron chi connectivity index (χ4n) is 3.29. The van der Waals surface area contributed by atoms with Crippen LogP contribution in [0.3, 0.4) is 0 Å². The highest BCUT2D eigenvalue weighted by Crippen LogP contribution is 2.35. The molecule has 0 saturated carbocycles. The maximum atomic E-state index is 13.3. The number of aryl methyl sites for hydroxylation is 3. The molecular formula is C20H19N3O3S. The van der Waals surface area contributed by atoms with E-state index in [1.165, 1.54) is 4.68 Å². The van der Waals surface area contributed by atoms with Gasteiger partial charge in [0, 0.05) is 11.9 Å². The van der Waals surface area contributed by atoms with E-state index in [0.29, 0.717) is 16.6 Å². The van der Waals surface area contributed by atoms with Gasteiger partial charge >= 0.3 is 5.97 Å². The zero-order valence-corrected chi connectivity index (χ0v) is 16.4. The molecule has 4 rings (SSSR count). The lowest BCUT2D eigenvalue weighted by Crippen LogP contribution is -2.26. The highest BCUT2D eigenvalue weighted by molar-refractivity contribution is 7.20. The molecule has 7 heteroatoms. The SMILES string of the molecule is CCOC(=O)c1nn(-c2ccc(C)cc2)c(=O)c2c1c1sc(C)cc1n2C. The van der Waals surface area contributed by atoms with Crippen molar-refractivity contribution in [1.82, 2.24) is 14.3 Å². The first-order valence-corrected chi connectivity index (χ1v) is 9.50. The van der Waals surface area contributed by atoms with E-state index < -0.39 is 5.97 Å². The molecule has 0 N–H and O–H groups in total. The molecule has 4 aromatic rings. The van der Waals surface area contributed by atoms with Gasteiger partial charge in [-0.25, -0.2) is 4.79 Å². The van der Waals surface area contributed by atoms with Crippen LogP contribution in [0.4, 0.5) is 0 Å². The van der Waals surface area contributed by atoms with Crippen molar-refractivity contribution < 1.29 is 9.53 Å². The van der Waals surface area contributed by atoms with Gasteiger partial charge in [0.15, 0.2) is 5.69 Å². The van der Waals surface area contributed by atoms with Crippen LogP contribution in [0.2, 0.25) is 0 Å². The molecule has 0 unspecified atom stereocenters. The van der Waals surface area contributed by atoms with Gasteiger partial charge in [-0.15, -0.1) is 11.3 Å². The molecule has 0 spiro atoms. The molecule has 0 radical (unpaired) electrons. The van der Waals surface area contributed by atoms with Crippen molar-refractivity contribution in [2.45, 2.75) is 20.8 Å². The summed E-state index contributed by atoms with van der Waals surface area (Å²) >= 11 is 1.55. The van der Waals surface area contributed by atoms with Gasteiger partial charge in [0.25, 0.3) is 5.56 Å². The highest BCUT2D eigenvalue weighted by atomic mass is 32.1. The number of thiophene rings is 1. The largest absolute Gasteiger partial charge is 0.461 e. The standard InChI is InChI=1S/C20H19N3O3S/c1-5-26-20(25)16-15-17(22(4)14-10-12(3)27-18(14)15)19(24)23(21-16)13-8-6-11(2)7-9-13/h6-10H,5H2,1-4H3. The second-order valence-electron chi connectivity index (χ2n) is 6.48. The molecule has 0 saturated heterocycles. The third-order valence-electron chi connectivity index (χ3n) is 4.58. The van der Waals surface area contributed by atoms with Crippen LogP contribution < -0.4 is 5.56 Å². The van der Waals surface area contributed by atoms with E-state index >= 15 is 0 Å². The van der Waals surface area contributed by atoms with Gasteiger partial charge in [-0.2, -0.15) is 9.78 Å². The minimum atomic E-state index is -0.526. The van der Waals surface area contributed by atoms with E-state index in [0.717, 1.165) is 20.7 Å². The highest BCUT2D eigenvalue weighted by Gasteiger charge is 2.25. The van der Waals surface area contributed by atoms with E-state index in [2.05, 4.69) is 5.10 Å². The number of hydrogen-bond acceptors (Lipinski definition) is 5. The minimum absolute atomic E-state index is 0.166. The van der Waals surface area contributed by atoms with Gasteiger partial charge in [0.1, 0.15) is 5.52 Å². The zero-order chi connectivity index (χ0) is 19.3. The maximum absolute atomic E-state index is 13.3. The molecule has 3 heterocycles. The quantitative estimate of drug-likeness (QED) is 0.507. The van der Waals surface area contributed by atoms with E-state index in [4.69, 9.17) is 4.74 Å². The molecule has 0 aliphatic carbocycles. The van der Waals surface area contributed by atoms with Gasteiger partial charge in [0.2, 0.25) is 0 Å². The summed E-state index contributed by atoms with van der Waals surface area (Å²) in [5.41, 5.74) is 2.96. The van der Waals surface area contributed by atoms with E-state index in [1.807, 2.05) is 55.8 Å². The summed E-state index contributed by atoms with van der Waals surface area (Å²) in [6.45, 7) is 5.97. The lowest BCUT2D eigenvalue weighted by Gasteiger charge is -2.10. The number of benzene rings is 1. The Kier molecular flexibility index (Phi) is 4.11. The smallest absolute Gasteiger partial charge is 0.359 e. The number of hydrogen-bond donors (Lipinski definition) is 0. The first kappa shape index (κ1) is 17.5. The summed E-state index contributed by atoms with van der Waals surface area (Å²) in [5, 5.41) is 4.98. The number of aromatic nitrogens is 3. The average Bonchev–Trinajstić information content (AvgIpc) is 3.14. The monoisotopic (exact) mass is 381 g/mol. The number of carbonyl (C=O) groups excluding carboxylic acids is 1. The van der Waals surface area contributed by atoms with Crippen LogP contribution in [0, 0.1) is 13.8 Å². The summed E-state index contributed by atoms with van der Waals surface area (Å²) in [7, 11) is 1.84. The molecule has 6 nitrogen and oxygen atoms in total. The van der Waals surface area contributed by atoms with Crippen LogP contribution in [0.15, 0.2) is 35.1 Å². The van der Waals surface area contributed by atoms with Crippen molar-refractivity contribution in [3.63, 3.8) is 0 Å². The van der Waals surface area contributed by atoms with Crippen LogP contribution in [0.5, 0.6) is 0 Å². The summed E-state index contributed by atoms with van der Waals surface area (Å²) in [5.74, 6) is -0.526. The Bertz CT molecular complexity index is 1250. The van der Waals surface area contributed by atoms with Crippen LogP contribution in [-0.4, -0.2) is 26.9 Å². The number of fused-ring (bicyclic) bond motifs is 3. The number of esters is 1. The van der Waals surface area contributed by atoms with Crippen LogP contribution >= 0.6 is 11.3 Å². The van der Waals surface area contributed by atoms with Crippen molar-refractivity contribution in [3.05, 3.63) is 56.8 Å². The first-order chi connectivity index (χ1) is 12.9. The molecule has 0 atom stereocenters. The Morgan fingerprint density at radius 2 is 1.93 bits per heavy atom. The molecule has 138 valence electrons. The first-order valence-electron chi connectivity index (χ1n) is 8.68. The lowest BCUT2D eigenvalue weighted by atomic mass is 10.2. The third kappa shape index (κ3) is 2.66. The summed E-state index contributed by atoms with van der Waals surface area (Å²) in [6.07, 6.45) is 0. The van der Waals surface area contributed by atoms with Gasteiger partial charge < -0.3 is 9.30 Å². The maximum Gasteiger partial charge on any atom is 0.359 e. The number of carbonyl (C=O) groups is 1.